The number of aromatic nitrogens is 2. The minimum Gasteiger partial charge on any atom is -0.381 e. The van der Waals surface area contributed by atoms with Crippen molar-refractivity contribution in [3.8, 4) is 0 Å². The van der Waals surface area contributed by atoms with Crippen molar-refractivity contribution in [2.45, 2.75) is 57.4 Å². The number of ether oxygens (including phenoxy) is 1. The molecule has 2 aliphatic rings. The summed E-state index contributed by atoms with van der Waals surface area (Å²) in [5, 5.41) is 7.78. The molecule has 0 radical (unpaired) electrons. The standard InChI is InChI=1S/C15H25N3O2/c1-2-7-16-13-5-3-4-12(13)15-17-14(18-20-15)9-11-6-8-19-10-11/h11-13,16H,2-10H2,1H3. The lowest BCUT2D eigenvalue weighted by molar-refractivity contribution is 0.185. The van der Waals surface area contributed by atoms with E-state index in [9.17, 15) is 0 Å². The molecule has 20 heavy (non-hydrogen) atoms. The number of hydrogen-bond acceptors (Lipinski definition) is 5. The van der Waals surface area contributed by atoms with Crippen LogP contribution in [0.5, 0.6) is 0 Å². The average molecular weight is 279 g/mol. The zero-order chi connectivity index (χ0) is 13.8. The Labute approximate surface area is 120 Å². The lowest BCUT2D eigenvalue weighted by atomic mass is 10.0. The van der Waals surface area contributed by atoms with Gasteiger partial charge in [-0.3, -0.25) is 0 Å². The molecule has 0 aromatic carbocycles. The third-order valence-electron chi connectivity index (χ3n) is 4.47. The van der Waals surface area contributed by atoms with Crippen molar-refractivity contribution in [2.75, 3.05) is 19.8 Å². The molecular formula is C15H25N3O2. The van der Waals surface area contributed by atoms with E-state index in [0.29, 0.717) is 17.9 Å². The maximum Gasteiger partial charge on any atom is 0.231 e. The zero-order valence-corrected chi connectivity index (χ0v) is 12.3. The fourth-order valence-corrected chi connectivity index (χ4v) is 3.33. The van der Waals surface area contributed by atoms with Crippen molar-refractivity contribution < 1.29 is 9.26 Å². The van der Waals surface area contributed by atoms with E-state index in [4.69, 9.17) is 9.26 Å². The molecule has 1 N–H and O–H groups in total. The first-order valence-electron chi connectivity index (χ1n) is 8.00. The summed E-state index contributed by atoms with van der Waals surface area (Å²) in [6, 6.07) is 0.512. The molecule has 112 valence electrons. The summed E-state index contributed by atoms with van der Waals surface area (Å²) in [6.07, 6.45) is 6.81. The maximum atomic E-state index is 5.53. The van der Waals surface area contributed by atoms with Crippen LogP contribution >= 0.6 is 0 Å². The van der Waals surface area contributed by atoms with Crippen molar-refractivity contribution >= 4 is 0 Å². The van der Waals surface area contributed by atoms with Gasteiger partial charge in [-0.25, -0.2) is 0 Å². The van der Waals surface area contributed by atoms with E-state index in [-0.39, 0.29) is 0 Å². The predicted octanol–water partition coefficient (Wildman–Crippen LogP) is 2.28. The highest BCUT2D eigenvalue weighted by molar-refractivity contribution is 5.03. The molecule has 5 heteroatoms. The second-order valence-electron chi connectivity index (χ2n) is 6.08. The van der Waals surface area contributed by atoms with Crippen LogP contribution in [-0.2, 0) is 11.2 Å². The smallest absolute Gasteiger partial charge is 0.231 e. The van der Waals surface area contributed by atoms with Crippen LogP contribution in [0.1, 0.15) is 56.7 Å². The highest BCUT2D eigenvalue weighted by Crippen LogP contribution is 2.34. The van der Waals surface area contributed by atoms with Crippen LogP contribution in [-0.4, -0.2) is 35.9 Å². The van der Waals surface area contributed by atoms with Gasteiger partial charge in [0.25, 0.3) is 0 Å². The van der Waals surface area contributed by atoms with E-state index in [0.717, 1.165) is 50.7 Å². The number of rotatable bonds is 6. The Bertz CT molecular complexity index is 415. The first-order valence-corrected chi connectivity index (χ1v) is 8.00. The second kappa shape index (κ2) is 6.68. The Hall–Kier alpha value is -0.940. The summed E-state index contributed by atoms with van der Waals surface area (Å²) in [7, 11) is 0. The zero-order valence-electron chi connectivity index (χ0n) is 12.3. The molecule has 1 saturated carbocycles. The Morgan fingerprint density at radius 1 is 1.30 bits per heavy atom. The van der Waals surface area contributed by atoms with Crippen molar-refractivity contribution in [2.24, 2.45) is 5.92 Å². The van der Waals surface area contributed by atoms with Gasteiger partial charge in [0.1, 0.15) is 0 Å². The minimum absolute atomic E-state index is 0.405. The molecule has 3 atom stereocenters. The summed E-state index contributed by atoms with van der Waals surface area (Å²) >= 11 is 0. The summed E-state index contributed by atoms with van der Waals surface area (Å²) in [6.45, 7) is 4.99. The molecule has 1 aliphatic heterocycles. The first-order chi connectivity index (χ1) is 9.86. The van der Waals surface area contributed by atoms with Gasteiger partial charge in [-0.05, 0) is 38.1 Å². The third-order valence-corrected chi connectivity index (χ3v) is 4.47. The highest BCUT2D eigenvalue weighted by Gasteiger charge is 2.32. The van der Waals surface area contributed by atoms with Crippen molar-refractivity contribution in [1.29, 1.82) is 0 Å². The molecule has 0 amide bonds. The molecule has 0 spiro atoms. The van der Waals surface area contributed by atoms with Crippen LogP contribution in [0.2, 0.25) is 0 Å². The molecule has 3 unspecified atom stereocenters. The van der Waals surface area contributed by atoms with Crippen LogP contribution in [0.25, 0.3) is 0 Å². The second-order valence-corrected chi connectivity index (χ2v) is 6.08. The lowest BCUT2D eigenvalue weighted by Crippen LogP contribution is -2.31. The number of nitrogens with zero attached hydrogens (tertiary/aromatic N) is 2. The molecule has 0 bridgehead atoms. The molecule has 5 nitrogen and oxygen atoms in total. The van der Waals surface area contributed by atoms with Crippen LogP contribution < -0.4 is 5.32 Å². The van der Waals surface area contributed by atoms with Gasteiger partial charge < -0.3 is 14.6 Å². The normalized spacial score (nSPS) is 30.1. The van der Waals surface area contributed by atoms with Crippen LogP contribution in [0.4, 0.5) is 0 Å². The van der Waals surface area contributed by atoms with Gasteiger partial charge in [-0.15, -0.1) is 0 Å². The fourth-order valence-electron chi connectivity index (χ4n) is 3.33. The summed E-state index contributed by atoms with van der Waals surface area (Å²) in [5.74, 6) is 2.67. The van der Waals surface area contributed by atoms with Gasteiger partial charge in [0.05, 0.1) is 5.92 Å². The van der Waals surface area contributed by atoms with E-state index in [1.807, 2.05) is 0 Å². The quantitative estimate of drug-likeness (QED) is 0.865. The molecule has 1 aliphatic carbocycles. The van der Waals surface area contributed by atoms with Gasteiger partial charge in [-0.1, -0.05) is 18.5 Å². The summed E-state index contributed by atoms with van der Waals surface area (Å²) in [5.41, 5.74) is 0. The van der Waals surface area contributed by atoms with Gasteiger partial charge in [-0.2, -0.15) is 4.98 Å². The van der Waals surface area contributed by atoms with E-state index in [1.165, 1.54) is 19.3 Å². The van der Waals surface area contributed by atoms with Gasteiger partial charge >= 0.3 is 0 Å². The largest absolute Gasteiger partial charge is 0.381 e. The molecule has 1 aromatic heterocycles. The van der Waals surface area contributed by atoms with Gasteiger partial charge in [0.2, 0.25) is 5.89 Å². The average Bonchev–Trinajstić information content (AvgIpc) is 3.17. The third kappa shape index (κ3) is 3.20. The number of nitrogens with one attached hydrogen (secondary N) is 1. The molecule has 1 aromatic rings. The van der Waals surface area contributed by atoms with E-state index >= 15 is 0 Å². The monoisotopic (exact) mass is 279 g/mol. The van der Waals surface area contributed by atoms with Gasteiger partial charge in [0.15, 0.2) is 5.82 Å². The van der Waals surface area contributed by atoms with Crippen LogP contribution in [0.15, 0.2) is 4.52 Å². The van der Waals surface area contributed by atoms with Crippen LogP contribution in [0.3, 0.4) is 0 Å². The van der Waals surface area contributed by atoms with Crippen molar-refractivity contribution in [3.63, 3.8) is 0 Å². The Morgan fingerprint density at radius 2 is 2.25 bits per heavy atom. The first kappa shape index (κ1) is 14.0. The SMILES string of the molecule is CCCNC1CCCC1c1nc(CC2CCOC2)no1. The summed E-state index contributed by atoms with van der Waals surface area (Å²) in [4.78, 5) is 4.64. The van der Waals surface area contributed by atoms with E-state index in [2.05, 4.69) is 22.4 Å². The molecular weight excluding hydrogens is 254 g/mol. The summed E-state index contributed by atoms with van der Waals surface area (Å²) < 4.78 is 10.9. The van der Waals surface area contributed by atoms with Crippen LogP contribution in [0, 0.1) is 5.92 Å². The Morgan fingerprint density at radius 3 is 3.05 bits per heavy atom. The fraction of sp³-hybridized carbons (Fsp3) is 0.867. The topological polar surface area (TPSA) is 60.2 Å². The van der Waals surface area contributed by atoms with Gasteiger partial charge in [0, 0.05) is 25.7 Å². The Kier molecular flexibility index (Phi) is 4.68. The lowest BCUT2D eigenvalue weighted by Gasteiger charge is -2.17. The molecule has 2 heterocycles. The molecule has 2 fully saturated rings. The highest BCUT2D eigenvalue weighted by atomic mass is 16.5. The van der Waals surface area contributed by atoms with E-state index < -0.39 is 0 Å². The predicted molar refractivity (Wildman–Crippen MR) is 75.6 cm³/mol. The maximum absolute atomic E-state index is 5.53. The van der Waals surface area contributed by atoms with E-state index in [1.54, 1.807) is 0 Å². The van der Waals surface area contributed by atoms with Crippen molar-refractivity contribution in [1.82, 2.24) is 15.5 Å². The van der Waals surface area contributed by atoms with Crippen molar-refractivity contribution in [3.05, 3.63) is 11.7 Å². The Balaban J connectivity index is 1.60. The molecule has 1 saturated heterocycles. The minimum atomic E-state index is 0.405. The number of hydrogen-bond donors (Lipinski definition) is 1. The molecule has 3 rings (SSSR count).